The third-order valence-corrected chi connectivity index (χ3v) is 4.48. The van der Waals surface area contributed by atoms with Gasteiger partial charge in [-0.05, 0) is 50.4 Å². The Kier molecular flexibility index (Phi) is 6.22. The molecule has 0 atom stereocenters. The summed E-state index contributed by atoms with van der Waals surface area (Å²) in [6, 6.07) is 7.73. The largest absolute Gasteiger partial charge is 0.494 e. The van der Waals surface area contributed by atoms with Crippen LogP contribution in [0.4, 0.5) is 5.69 Å². The van der Waals surface area contributed by atoms with E-state index in [0.717, 1.165) is 38.1 Å². The fraction of sp³-hybridized carbons (Fsp3) is 0.526. The smallest absolute Gasteiger partial charge is 0.277 e. The lowest BCUT2D eigenvalue weighted by Gasteiger charge is -2.22. The normalized spacial score (nSPS) is 15.2. The van der Waals surface area contributed by atoms with Crippen LogP contribution in [-0.4, -0.2) is 40.6 Å². The highest BCUT2D eigenvalue weighted by molar-refractivity contribution is 6.02. The lowest BCUT2D eigenvalue weighted by atomic mass is 10.1. The highest BCUT2D eigenvalue weighted by atomic mass is 16.5. The predicted octanol–water partition coefficient (Wildman–Crippen LogP) is 2.88. The van der Waals surface area contributed by atoms with E-state index in [1.54, 1.807) is 10.9 Å². The summed E-state index contributed by atoms with van der Waals surface area (Å²) in [4.78, 5) is 12.4. The number of aromatic nitrogens is 3. The molecule has 0 aliphatic carbocycles. The number of nitrogens with one attached hydrogen (secondary N) is 2. The molecule has 2 N–H and O–H groups in total. The highest BCUT2D eigenvalue weighted by Gasteiger charge is 2.18. The summed E-state index contributed by atoms with van der Waals surface area (Å²) >= 11 is 0. The summed E-state index contributed by atoms with van der Waals surface area (Å²) in [6.07, 6.45) is 4.73. The number of hydrogen-bond donors (Lipinski definition) is 2. The van der Waals surface area contributed by atoms with E-state index in [9.17, 15) is 4.79 Å². The summed E-state index contributed by atoms with van der Waals surface area (Å²) in [5.41, 5.74) is 1.02. The first kappa shape index (κ1) is 18.4. The Bertz CT molecular complexity index is 722. The van der Waals surface area contributed by atoms with Crippen LogP contribution in [0.3, 0.4) is 0 Å². The first-order chi connectivity index (χ1) is 12.6. The molecule has 140 valence electrons. The Hall–Kier alpha value is -2.41. The van der Waals surface area contributed by atoms with Gasteiger partial charge in [0, 0.05) is 11.8 Å². The van der Waals surface area contributed by atoms with Gasteiger partial charge < -0.3 is 15.4 Å². The van der Waals surface area contributed by atoms with Crippen LogP contribution < -0.4 is 15.4 Å². The van der Waals surface area contributed by atoms with Crippen molar-refractivity contribution in [1.29, 1.82) is 0 Å². The number of rotatable bonds is 7. The zero-order valence-electron chi connectivity index (χ0n) is 15.4. The molecule has 26 heavy (non-hydrogen) atoms. The Balaban J connectivity index is 1.58. The minimum Gasteiger partial charge on any atom is -0.494 e. The molecule has 1 saturated heterocycles. The van der Waals surface area contributed by atoms with Gasteiger partial charge in [0.25, 0.3) is 5.91 Å². The Labute approximate surface area is 154 Å². The second kappa shape index (κ2) is 8.80. The topological polar surface area (TPSA) is 81.1 Å². The molecule has 1 fully saturated rings. The first-order valence-corrected chi connectivity index (χ1v) is 9.28. The average Bonchev–Trinajstić information content (AvgIpc) is 3.13. The third-order valence-electron chi connectivity index (χ3n) is 4.48. The van der Waals surface area contributed by atoms with E-state index in [1.807, 2.05) is 24.3 Å². The van der Waals surface area contributed by atoms with Crippen molar-refractivity contribution in [2.24, 2.45) is 5.92 Å². The summed E-state index contributed by atoms with van der Waals surface area (Å²) in [5.74, 6) is 1.09. The minimum absolute atomic E-state index is 0.260. The number of amides is 1. The van der Waals surface area contributed by atoms with Crippen LogP contribution in [-0.2, 0) is 0 Å². The summed E-state index contributed by atoms with van der Waals surface area (Å²) in [5, 5.41) is 14.3. The lowest BCUT2D eigenvalue weighted by molar-refractivity contribution is 0.102. The van der Waals surface area contributed by atoms with Crippen molar-refractivity contribution in [3.63, 3.8) is 0 Å². The predicted molar refractivity (Wildman–Crippen MR) is 101 cm³/mol. The minimum atomic E-state index is -0.260. The molecule has 2 aromatic rings. The number of hydrogen-bond acceptors (Lipinski definition) is 5. The number of benzene rings is 1. The summed E-state index contributed by atoms with van der Waals surface area (Å²) in [7, 11) is 0. The van der Waals surface area contributed by atoms with Crippen molar-refractivity contribution < 1.29 is 9.53 Å². The number of nitrogens with zero attached hydrogens (tertiary/aromatic N) is 3. The zero-order chi connectivity index (χ0) is 18.4. The van der Waals surface area contributed by atoms with Gasteiger partial charge in [-0.1, -0.05) is 25.1 Å². The van der Waals surface area contributed by atoms with Crippen LogP contribution in [0.15, 0.2) is 30.5 Å². The Morgan fingerprint density at radius 3 is 2.96 bits per heavy atom. The molecule has 1 aromatic heterocycles. The van der Waals surface area contributed by atoms with E-state index >= 15 is 0 Å². The number of piperidine rings is 1. The Morgan fingerprint density at radius 1 is 1.38 bits per heavy atom. The van der Waals surface area contributed by atoms with Gasteiger partial charge >= 0.3 is 0 Å². The molecule has 1 aliphatic heterocycles. The SMILES string of the molecule is CC(C)CCOc1cccc(NC(=O)c2cn(C3CCNCC3)nn2)c1. The molecule has 0 radical (unpaired) electrons. The molecule has 1 aliphatic rings. The van der Waals surface area contributed by atoms with Crippen molar-refractivity contribution in [3.05, 3.63) is 36.2 Å². The molecular weight excluding hydrogens is 330 g/mol. The quantitative estimate of drug-likeness (QED) is 0.796. The van der Waals surface area contributed by atoms with Gasteiger partial charge in [-0.25, -0.2) is 4.68 Å². The third kappa shape index (κ3) is 5.05. The molecule has 0 unspecified atom stereocenters. The molecule has 0 spiro atoms. The number of carbonyl (C=O) groups excluding carboxylic acids is 1. The van der Waals surface area contributed by atoms with Crippen LogP contribution in [0.5, 0.6) is 5.75 Å². The fourth-order valence-corrected chi connectivity index (χ4v) is 2.90. The van der Waals surface area contributed by atoms with E-state index in [1.165, 1.54) is 0 Å². The maximum atomic E-state index is 12.4. The fourth-order valence-electron chi connectivity index (χ4n) is 2.90. The van der Waals surface area contributed by atoms with Crippen LogP contribution in [0.2, 0.25) is 0 Å². The molecule has 7 heteroatoms. The monoisotopic (exact) mass is 357 g/mol. The molecular formula is C19H27N5O2. The van der Waals surface area contributed by atoms with E-state index in [0.29, 0.717) is 29.9 Å². The van der Waals surface area contributed by atoms with E-state index in [-0.39, 0.29) is 5.91 Å². The van der Waals surface area contributed by atoms with E-state index in [4.69, 9.17) is 4.74 Å². The molecule has 7 nitrogen and oxygen atoms in total. The number of ether oxygens (including phenoxy) is 1. The standard InChI is InChI=1S/C19H27N5O2/c1-14(2)8-11-26-17-5-3-4-15(12-17)21-19(25)18-13-24(23-22-18)16-6-9-20-10-7-16/h3-5,12-14,16,20H,6-11H2,1-2H3,(H,21,25). The molecule has 0 saturated carbocycles. The van der Waals surface area contributed by atoms with Gasteiger partial charge in [-0.15, -0.1) is 5.10 Å². The van der Waals surface area contributed by atoms with Crippen molar-refractivity contribution in [3.8, 4) is 5.75 Å². The van der Waals surface area contributed by atoms with Crippen molar-refractivity contribution in [2.75, 3.05) is 25.0 Å². The van der Waals surface area contributed by atoms with Gasteiger partial charge in [0.2, 0.25) is 0 Å². The van der Waals surface area contributed by atoms with Gasteiger partial charge in [0.15, 0.2) is 5.69 Å². The molecule has 1 aromatic carbocycles. The second-order valence-corrected chi connectivity index (χ2v) is 7.08. The van der Waals surface area contributed by atoms with Crippen LogP contribution >= 0.6 is 0 Å². The number of carbonyl (C=O) groups is 1. The van der Waals surface area contributed by atoms with Gasteiger partial charge in [-0.3, -0.25) is 4.79 Å². The van der Waals surface area contributed by atoms with Crippen molar-refractivity contribution in [2.45, 2.75) is 39.2 Å². The molecule has 2 heterocycles. The van der Waals surface area contributed by atoms with Crippen LogP contribution in [0.1, 0.15) is 49.6 Å². The summed E-state index contributed by atoms with van der Waals surface area (Å²) < 4.78 is 7.55. The molecule has 3 rings (SSSR count). The van der Waals surface area contributed by atoms with Crippen molar-refractivity contribution >= 4 is 11.6 Å². The maximum absolute atomic E-state index is 12.4. The average molecular weight is 357 g/mol. The number of anilines is 1. The molecule has 1 amide bonds. The maximum Gasteiger partial charge on any atom is 0.277 e. The second-order valence-electron chi connectivity index (χ2n) is 7.08. The van der Waals surface area contributed by atoms with E-state index < -0.39 is 0 Å². The lowest BCUT2D eigenvalue weighted by Crippen LogP contribution is -2.29. The first-order valence-electron chi connectivity index (χ1n) is 9.28. The van der Waals surface area contributed by atoms with Gasteiger partial charge in [0.05, 0.1) is 18.8 Å². The van der Waals surface area contributed by atoms with Crippen LogP contribution in [0, 0.1) is 5.92 Å². The van der Waals surface area contributed by atoms with E-state index in [2.05, 4.69) is 34.8 Å². The Morgan fingerprint density at radius 2 is 2.19 bits per heavy atom. The van der Waals surface area contributed by atoms with Gasteiger partial charge in [-0.2, -0.15) is 0 Å². The van der Waals surface area contributed by atoms with Crippen LogP contribution in [0.25, 0.3) is 0 Å². The summed E-state index contributed by atoms with van der Waals surface area (Å²) in [6.45, 7) is 6.93. The zero-order valence-corrected chi connectivity index (χ0v) is 15.4. The van der Waals surface area contributed by atoms with Crippen molar-refractivity contribution in [1.82, 2.24) is 20.3 Å². The molecule has 0 bridgehead atoms. The van der Waals surface area contributed by atoms with Gasteiger partial charge in [0.1, 0.15) is 5.75 Å². The highest BCUT2D eigenvalue weighted by Crippen LogP contribution is 2.20.